The molecule has 27 heavy (non-hydrogen) atoms. The maximum Gasteiger partial charge on any atom is 0.412 e. The summed E-state index contributed by atoms with van der Waals surface area (Å²) in [5.41, 5.74) is 1.06. The van der Waals surface area contributed by atoms with Crippen molar-refractivity contribution in [3.63, 3.8) is 0 Å². The summed E-state index contributed by atoms with van der Waals surface area (Å²) >= 11 is 8.14. The molecule has 3 rings (SSSR count). The first-order chi connectivity index (χ1) is 12.6. The van der Waals surface area contributed by atoms with E-state index in [-0.39, 0.29) is 5.91 Å². The molecule has 6 nitrogen and oxygen atoms in total. The van der Waals surface area contributed by atoms with E-state index in [9.17, 15) is 9.59 Å². The van der Waals surface area contributed by atoms with Gasteiger partial charge in [-0.2, -0.15) is 0 Å². The Morgan fingerprint density at radius 3 is 2.59 bits per heavy atom. The molecule has 0 atom stereocenters. The molecule has 0 radical (unpaired) electrons. The lowest BCUT2D eigenvalue weighted by atomic mass is 10.2. The van der Waals surface area contributed by atoms with E-state index in [0.717, 1.165) is 15.6 Å². The highest BCUT2D eigenvalue weighted by atomic mass is 32.2. The Bertz CT molecular complexity index is 861. The number of likely N-dealkylation sites (N-methyl/N-ethyl adjacent to an activating group) is 1. The van der Waals surface area contributed by atoms with Crippen LogP contribution < -0.4 is 10.2 Å². The van der Waals surface area contributed by atoms with Gasteiger partial charge in [0, 0.05) is 24.2 Å². The second-order valence-electron chi connectivity index (χ2n) is 7.02. The molecular formula is C18H21N3O3S3. The van der Waals surface area contributed by atoms with Crippen LogP contribution in [0.3, 0.4) is 0 Å². The van der Waals surface area contributed by atoms with E-state index in [2.05, 4.69) is 5.32 Å². The Balaban J connectivity index is 1.83. The number of benzene rings is 1. The Kier molecular flexibility index (Phi) is 5.47. The number of ether oxygens (including phenoxy) is 1. The number of hydrogen-bond acceptors (Lipinski definition) is 7. The molecule has 0 spiro atoms. The average molecular weight is 424 g/mol. The minimum Gasteiger partial charge on any atom is -0.444 e. The third kappa shape index (κ3) is 4.09. The summed E-state index contributed by atoms with van der Waals surface area (Å²) in [5.74, 6) is -0.0539. The van der Waals surface area contributed by atoms with Crippen LogP contribution in [0.15, 0.2) is 33.0 Å². The first kappa shape index (κ1) is 20.0. The van der Waals surface area contributed by atoms with Gasteiger partial charge in [0.1, 0.15) is 14.8 Å². The molecule has 2 aliphatic heterocycles. The second-order valence-corrected chi connectivity index (χ2v) is 9.70. The first-order valence-corrected chi connectivity index (χ1v) is 10.5. The minimum atomic E-state index is -0.559. The second kappa shape index (κ2) is 7.37. The number of rotatable bonds is 2. The molecule has 2 aliphatic rings. The van der Waals surface area contributed by atoms with Crippen molar-refractivity contribution in [2.75, 3.05) is 23.8 Å². The standard InChI is InChI=1S/C18H21N3O3S3/c1-6-21-14(22)13(27-17(21)25)15-20(5)11-8-7-10(9-12(11)26-15)19-16(23)24-18(2,3)4/h7-9H,6H2,1-5H3,(H,19,23)/b15-13+. The summed E-state index contributed by atoms with van der Waals surface area (Å²) in [7, 11) is 1.92. The molecule has 2 heterocycles. The zero-order valence-electron chi connectivity index (χ0n) is 15.8. The summed E-state index contributed by atoms with van der Waals surface area (Å²) in [5, 5.41) is 3.60. The molecule has 1 saturated heterocycles. The Morgan fingerprint density at radius 1 is 1.30 bits per heavy atom. The van der Waals surface area contributed by atoms with E-state index in [1.807, 2.05) is 57.8 Å². The maximum atomic E-state index is 12.6. The van der Waals surface area contributed by atoms with Crippen molar-refractivity contribution < 1.29 is 14.3 Å². The van der Waals surface area contributed by atoms with E-state index in [1.165, 1.54) is 23.5 Å². The van der Waals surface area contributed by atoms with E-state index in [4.69, 9.17) is 17.0 Å². The van der Waals surface area contributed by atoms with Gasteiger partial charge in [0.2, 0.25) is 0 Å². The van der Waals surface area contributed by atoms with Crippen LogP contribution in [0.5, 0.6) is 0 Å². The number of thioether (sulfide) groups is 2. The van der Waals surface area contributed by atoms with Crippen LogP contribution in [0.25, 0.3) is 0 Å². The topological polar surface area (TPSA) is 61.9 Å². The summed E-state index contributed by atoms with van der Waals surface area (Å²) in [6, 6.07) is 5.62. The van der Waals surface area contributed by atoms with Gasteiger partial charge in [0.05, 0.1) is 10.7 Å². The number of nitrogens with zero attached hydrogens (tertiary/aromatic N) is 2. The zero-order valence-corrected chi connectivity index (χ0v) is 18.2. The quantitative estimate of drug-likeness (QED) is 0.550. The van der Waals surface area contributed by atoms with Gasteiger partial charge in [-0.25, -0.2) is 4.79 Å². The molecule has 1 aromatic rings. The van der Waals surface area contributed by atoms with Gasteiger partial charge in [-0.05, 0) is 45.9 Å². The van der Waals surface area contributed by atoms with Crippen molar-refractivity contribution in [1.82, 2.24) is 4.90 Å². The fourth-order valence-electron chi connectivity index (χ4n) is 2.65. The first-order valence-electron chi connectivity index (χ1n) is 8.44. The van der Waals surface area contributed by atoms with E-state index < -0.39 is 11.7 Å². The summed E-state index contributed by atoms with van der Waals surface area (Å²) < 4.78 is 5.88. The maximum absolute atomic E-state index is 12.6. The van der Waals surface area contributed by atoms with Crippen LogP contribution in [0.2, 0.25) is 0 Å². The van der Waals surface area contributed by atoms with Crippen molar-refractivity contribution in [3.05, 3.63) is 28.1 Å². The normalized spacial score (nSPS) is 19.6. The molecular weight excluding hydrogens is 402 g/mol. The lowest BCUT2D eigenvalue weighted by Gasteiger charge is -2.20. The van der Waals surface area contributed by atoms with Gasteiger partial charge >= 0.3 is 6.09 Å². The number of anilines is 2. The molecule has 0 aromatic heterocycles. The van der Waals surface area contributed by atoms with Crippen molar-refractivity contribution in [1.29, 1.82) is 0 Å². The van der Waals surface area contributed by atoms with Gasteiger partial charge in [-0.15, -0.1) is 0 Å². The number of carbonyl (C=O) groups excluding carboxylic acids is 2. The van der Waals surface area contributed by atoms with E-state index >= 15 is 0 Å². The molecule has 2 amide bonds. The molecule has 1 N–H and O–H groups in total. The third-order valence-corrected chi connectivity index (χ3v) is 6.62. The van der Waals surface area contributed by atoms with Crippen LogP contribution in [0.4, 0.5) is 16.2 Å². The van der Waals surface area contributed by atoms with Crippen molar-refractivity contribution in [2.45, 2.75) is 38.2 Å². The van der Waals surface area contributed by atoms with Crippen LogP contribution in [0, 0.1) is 0 Å². The molecule has 1 aromatic carbocycles. The lowest BCUT2D eigenvalue weighted by molar-refractivity contribution is -0.122. The van der Waals surface area contributed by atoms with Crippen molar-refractivity contribution in [3.8, 4) is 0 Å². The lowest BCUT2D eigenvalue weighted by Crippen LogP contribution is -2.28. The molecule has 0 bridgehead atoms. The van der Waals surface area contributed by atoms with Gasteiger partial charge in [-0.1, -0.05) is 35.7 Å². The van der Waals surface area contributed by atoms with Crippen LogP contribution in [0.1, 0.15) is 27.7 Å². The smallest absolute Gasteiger partial charge is 0.412 e. The number of amides is 2. The summed E-state index contributed by atoms with van der Waals surface area (Å²) in [6.07, 6.45) is -0.497. The van der Waals surface area contributed by atoms with Gasteiger partial charge < -0.3 is 9.64 Å². The molecule has 0 aliphatic carbocycles. The molecule has 0 unspecified atom stereocenters. The highest BCUT2D eigenvalue weighted by Crippen LogP contribution is 2.50. The van der Waals surface area contributed by atoms with Crippen molar-refractivity contribution >= 4 is 63.4 Å². The predicted molar refractivity (Wildman–Crippen MR) is 115 cm³/mol. The largest absolute Gasteiger partial charge is 0.444 e. The Labute approximate surface area is 172 Å². The fourth-order valence-corrected chi connectivity index (χ4v) is 5.40. The average Bonchev–Trinajstić information content (AvgIpc) is 3.01. The number of fused-ring (bicyclic) bond motifs is 1. The molecule has 1 fully saturated rings. The van der Waals surface area contributed by atoms with Gasteiger partial charge in [0.15, 0.2) is 0 Å². The fraction of sp³-hybridized carbons (Fsp3) is 0.389. The molecule has 144 valence electrons. The third-order valence-electron chi connectivity index (χ3n) is 3.84. The summed E-state index contributed by atoms with van der Waals surface area (Å²) in [6.45, 7) is 7.93. The Hall–Kier alpha value is -1.71. The van der Waals surface area contributed by atoms with E-state index in [0.29, 0.717) is 21.5 Å². The summed E-state index contributed by atoms with van der Waals surface area (Å²) in [4.78, 5) is 29.8. The van der Waals surface area contributed by atoms with Crippen LogP contribution in [-0.4, -0.2) is 40.4 Å². The minimum absolute atomic E-state index is 0.0539. The molecule has 0 saturated carbocycles. The van der Waals surface area contributed by atoms with Crippen LogP contribution >= 0.6 is 35.7 Å². The number of thiocarbonyl (C=S) groups is 1. The number of hydrogen-bond donors (Lipinski definition) is 1. The monoisotopic (exact) mass is 423 g/mol. The zero-order chi connectivity index (χ0) is 19.9. The Morgan fingerprint density at radius 2 is 2.00 bits per heavy atom. The number of carbonyl (C=O) groups is 2. The van der Waals surface area contributed by atoms with Crippen LogP contribution in [-0.2, 0) is 9.53 Å². The predicted octanol–water partition coefficient (Wildman–Crippen LogP) is 4.62. The SMILES string of the molecule is CCN1C(=O)/C(=C2\Sc3cc(NC(=O)OC(C)(C)C)ccc3N2C)SC1=S. The van der Waals surface area contributed by atoms with Gasteiger partial charge in [-0.3, -0.25) is 15.0 Å². The highest BCUT2D eigenvalue weighted by Gasteiger charge is 2.37. The van der Waals surface area contributed by atoms with E-state index in [1.54, 1.807) is 4.90 Å². The number of nitrogens with one attached hydrogen (secondary N) is 1. The highest BCUT2D eigenvalue weighted by molar-refractivity contribution is 8.27. The van der Waals surface area contributed by atoms with Gasteiger partial charge in [0.25, 0.3) is 5.91 Å². The molecule has 9 heteroatoms. The van der Waals surface area contributed by atoms with Crippen molar-refractivity contribution in [2.24, 2.45) is 0 Å².